The summed E-state index contributed by atoms with van der Waals surface area (Å²) in [6.45, 7) is 4.06. The van der Waals surface area contributed by atoms with Crippen LogP contribution in [0.3, 0.4) is 0 Å². The molecule has 0 fully saturated rings. The Morgan fingerprint density at radius 2 is 2.00 bits per heavy atom. The molecule has 0 bridgehead atoms. The van der Waals surface area contributed by atoms with E-state index in [2.05, 4.69) is 29.5 Å². The van der Waals surface area contributed by atoms with E-state index in [0.717, 1.165) is 28.1 Å². The maximum atomic E-state index is 12.6. The summed E-state index contributed by atoms with van der Waals surface area (Å²) in [5.41, 5.74) is 5.20. The second-order valence-electron chi connectivity index (χ2n) is 5.09. The molecule has 1 atom stereocenters. The van der Waals surface area contributed by atoms with Crippen molar-refractivity contribution in [2.75, 3.05) is 11.9 Å². The first-order valence-corrected chi connectivity index (χ1v) is 6.20. The predicted octanol–water partition coefficient (Wildman–Crippen LogP) is 3.29. The number of carbonyl (C=O) groups excluding carboxylic acids is 1. The SMILES string of the molecule is CC1=CC2C(=O)c3cc(C)ccc3N(C)C2=C[CH]1. The highest BCUT2D eigenvalue weighted by Gasteiger charge is 2.34. The number of Topliss-reactive ketones (excluding diaryl/α,β-unsaturated/α-hetero) is 1. The first-order chi connectivity index (χ1) is 8.58. The Morgan fingerprint density at radius 1 is 1.22 bits per heavy atom. The molecule has 1 aromatic rings. The highest BCUT2D eigenvalue weighted by atomic mass is 16.1. The van der Waals surface area contributed by atoms with E-state index in [4.69, 9.17) is 0 Å². The summed E-state index contributed by atoms with van der Waals surface area (Å²) in [7, 11) is 2.03. The van der Waals surface area contributed by atoms with E-state index in [1.807, 2.05) is 33.0 Å². The fraction of sp³-hybridized carbons (Fsp3) is 0.250. The molecule has 0 aromatic heterocycles. The van der Waals surface area contributed by atoms with E-state index in [9.17, 15) is 4.79 Å². The normalized spacial score (nSPS) is 22.1. The molecule has 3 rings (SSSR count). The quantitative estimate of drug-likeness (QED) is 0.691. The van der Waals surface area contributed by atoms with Crippen LogP contribution in [0.15, 0.2) is 41.6 Å². The van der Waals surface area contributed by atoms with E-state index < -0.39 is 0 Å². The molecule has 1 unspecified atom stereocenters. The molecule has 1 aliphatic heterocycles. The third-order valence-corrected chi connectivity index (χ3v) is 3.71. The Labute approximate surface area is 108 Å². The van der Waals surface area contributed by atoms with Gasteiger partial charge < -0.3 is 4.90 Å². The molecule has 1 aliphatic carbocycles. The van der Waals surface area contributed by atoms with Crippen LogP contribution in [0.5, 0.6) is 0 Å². The molecule has 0 spiro atoms. The average Bonchev–Trinajstić information content (AvgIpc) is 2.35. The van der Waals surface area contributed by atoms with Crippen LogP contribution >= 0.6 is 0 Å². The molecule has 2 heteroatoms. The number of allylic oxidation sites excluding steroid dienone is 3. The van der Waals surface area contributed by atoms with Crippen LogP contribution in [0.2, 0.25) is 0 Å². The lowest BCUT2D eigenvalue weighted by molar-refractivity contribution is 0.0954. The Morgan fingerprint density at radius 3 is 2.78 bits per heavy atom. The van der Waals surface area contributed by atoms with E-state index in [1.165, 1.54) is 0 Å². The second kappa shape index (κ2) is 3.84. The van der Waals surface area contributed by atoms with Gasteiger partial charge in [0.15, 0.2) is 5.78 Å². The molecule has 0 amide bonds. The molecule has 2 nitrogen and oxygen atoms in total. The largest absolute Gasteiger partial charge is 0.347 e. The summed E-state index contributed by atoms with van der Waals surface area (Å²) in [6, 6.07) is 6.08. The van der Waals surface area contributed by atoms with Crippen molar-refractivity contribution in [2.24, 2.45) is 5.92 Å². The zero-order chi connectivity index (χ0) is 12.9. The Balaban J connectivity index is 2.19. The fourth-order valence-corrected chi connectivity index (χ4v) is 2.70. The van der Waals surface area contributed by atoms with E-state index in [1.54, 1.807) is 0 Å². The van der Waals surface area contributed by atoms with Gasteiger partial charge in [0.2, 0.25) is 0 Å². The lowest BCUT2D eigenvalue weighted by atomic mass is 9.83. The fourth-order valence-electron chi connectivity index (χ4n) is 2.70. The van der Waals surface area contributed by atoms with E-state index in [0.29, 0.717) is 0 Å². The van der Waals surface area contributed by atoms with Gasteiger partial charge in [-0.15, -0.1) is 0 Å². The van der Waals surface area contributed by atoms with E-state index in [-0.39, 0.29) is 11.7 Å². The number of fused-ring (bicyclic) bond motifs is 2. The third kappa shape index (κ3) is 1.52. The molecule has 1 aromatic carbocycles. The van der Waals surface area contributed by atoms with Crippen molar-refractivity contribution in [3.63, 3.8) is 0 Å². The Kier molecular flexibility index (Phi) is 2.40. The summed E-state index contributed by atoms with van der Waals surface area (Å²) >= 11 is 0. The van der Waals surface area contributed by atoms with Gasteiger partial charge in [0.05, 0.1) is 11.6 Å². The number of aryl methyl sites for hydroxylation is 1. The van der Waals surface area contributed by atoms with Crippen molar-refractivity contribution in [3.8, 4) is 0 Å². The van der Waals surface area contributed by atoms with Gasteiger partial charge in [0.25, 0.3) is 0 Å². The molecule has 1 radical (unpaired) electrons. The van der Waals surface area contributed by atoms with Crippen LogP contribution in [0.25, 0.3) is 0 Å². The molecular weight excluding hydrogens is 222 g/mol. The summed E-state index contributed by atoms with van der Waals surface area (Å²) in [4.78, 5) is 14.7. The topological polar surface area (TPSA) is 20.3 Å². The monoisotopic (exact) mass is 238 g/mol. The number of nitrogens with zero attached hydrogens (tertiary/aromatic N) is 1. The van der Waals surface area contributed by atoms with Crippen molar-refractivity contribution >= 4 is 11.5 Å². The van der Waals surface area contributed by atoms with Crippen LogP contribution in [0.4, 0.5) is 5.69 Å². The zero-order valence-electron chi connectivity index (χ0n) is 10.9. The summed E-state index contributed by atoms with van der Waals surface area (Å²) in [6.07, 6.45) is 6.18. The molecular formula is C16H16NO. The number of ketones is 1. The molecule has 0 saturated carbocycles. The molecule has 2 aliphatic rings. The third-order valence-electron chi connectivity index (χ3n) is 3.71. The number of carbonyl (C=O) groups is 1. The van der Waals surface area contributed by atoms with Crippen LogP contribution in [0, 0.1) is 19.3 Å². The van der Waals surface area contributed by atoms with Crippen LogP contribution in [-0.2, 0) is 0 Å². The van der Waals surface area contributed by atoms with Gasteiger partial charge in [0, 0.05) is 24.7 Å². The van der Waals surface area contributed by atoms with Gasteiger partial charge in [-0.25, -0.2) is 0 Å². The van der Waals surface area contributed by atoms with Gasteiger partial charge in [-0.2, -0.15) is 0 Å². The van der Waals surface area contributed by atoms with Gasteiger partial charge in [-0.1, -0.05) is 29.4 Å². The highest BCUT2D eigenvalue weighted by molar-refractivity contribution is 6.08. The maximum absolute atomic E-state index is 12.6. The Bertz CT molecular complexity index is 595. The first-order valence-electron chi connectivity index (χ1n) is 6.20. The minimum atomic E-state index is -0.116. The highest BCUT2D eigenvalue weighted by Crippen LogP contribution is 2.38. The number of anilines is 1. The van der Waals surface area contributed by atoms with Crippen LogP contribution in [0.1, 0.15) is 22.8 Å². The average molecular weight is 238 g/mol. The minimum absolute atomic E-state index is 0.116. The Hall–Kier alpha value is -1.83. The first kappa shape index (κ1) is 11.3. The van der Waals surface area contributed by atoms with Gasteiger partial charge in [-0.3, -0.25) is 4.79 Å². The van der Waals surface area contributed by atoms with Gasteiger partial charge in [0.1, 0.15) is 0 Å². The number of benzene rings is 1. The van der Waals surface area contributed by atoms with Crippen molar-refractivity contribution < 1.29 is 4.79 Å². The van der Waals surface area contributed by atoms with Crippen molar-refractivity contribution in [2.45, 2.75) is 13.8 Å². The number of hydrogen-bond donors (Lipinski definition) is 0. The number of rotatable bonds is 0. The van der Waals surface area contributed by atoms with Gasteiger partial charge in [-0.05, 0) is 26.0 Å². The smallest absolute Gasteiger partial charge is 0.177 e. The summed E-state index contributed by atoms with van der Waals surface area (Å²) in [5.74, 6) is 0.0970. The maximum Gasteiger partial charge on any atom is 0.177 e. The number of hydrogen-bond acceptors (Lipinski definition) is 2. The predicted molar refractivity (Wildman–Crippen MR) is 73.5 cm³/mol. The molecule has 0 saturated heterocycles. The summed E-state index contributed by atoms with van der Waals surface area (Å²) < 4.78 is 0. The van der Waals surface area contributed by atoms with Crippen molar-refractivity contribution in [1.82, 2.24) is 0 Å². The minimum Gasteiger partial charge on any atom is -0.347 e. The van der Waals surface area contributed by atoms with Crippen LogP contribution < -0.4 is 4.90 Å². The van der Waals surface area contributed by atoms with Gasteiger partial charge >= 0.3 is 0 Å². The van der Waals surface area contributed by atoms with Crippen molar-refractivity contribution in [1.29, 1.82) is 0 Å². The van der Waals surface area contributed by atoms with Crippen molar-refractivity contribution in [3.05, 3.63) is 59.2 Å². The van der Waals surface area contributed by atoms with E-state index >= 15 is 0 Å². The summed E-state index contributed by atoms with van der Waals surface area (Å²) in [5, 5.41) is 0. The zero-order valence-corrected chi connectivity index (χ0v) is 10.9. The molecule has 0 N–H and O–H groups in total. The standard InChI is InChI=1S/C16H16NO/c1-10-4-6-14-12(8-10)16(18)13-9-11(2)5-7-15(13)17(14)3/h4-9,12H,1-3H3. The lowest BCUT2D eigenvalue weighted by Gasteiger charge is -2.36. The molecule has 91 valence electrons. The lowest BCUT2D eigenvalue weighted by Crippen LogP contribution is -2.35. The molecule has 18 heavy (non-hydrogen) atoms. The second-order valence-corrected chi connectivity index (χ2v) is 5.09. The molecule has 1 heterocycles. The van der Waals surface area contributed by atoms with Crippen LogP contribution in [-0.4, -0.2) is 12.8 Å².